The molecule has 0 spiro atoms. The average Bonchev–Trinajstić information content (AvgIpc) is 3.14. The van der Waals surface area contributed by atoms with E-state index in [0.29, 0.717) is 45.8 Å². The summed E-state index contributed by atoms with van der Waals surface area (Å²) in [5.74, 6) is -0.258. The number of carbonyl (C=O) groups excluding carboxylic acids is 3. The monoisotopic (exact) mass is 355 g/mol. The largest absolute Gasteiger partial charge is 0.466 e. The third-order valence-corrected chi connectivity index (χ3v) is 4.50. The number of nitrogens with zero attached hydrogens (tertiary/aromatic N) is 2. The highest BCUT2D eigenvalue weighted by Crippen LogP contribution is 2.16. The van der Waals surface area contributed by atoms with Crippen molar-refractivity contribution in [1.82, 2.24) is 15.1 Å². The van der Waals surface area contributed by atoms with Crippen molar-refractivity contribution in [3.05, 3.63) is 0 Å². The fourth-order valence-corrected chi connectivity index (χ4v) is 3.05. The minimum atomic E-state index is -0.296. The molecule has 2 amide bonds. The SMILES string of the molecule is CCOC(=O)CCNC(=O)CCN1CCN(C(=O)[C@H]2CCCO2)CC1. The van der Waals surface area contributed by atoms with Gasteiger partial charge in [-0.25, -0.2) is 0 Å². The highest BCUT2D eigenvalue weighted by atomic mass is 16.5. The fraction of sp³-hybridized carbons (Fsp3) is 0.824. The molecule has 8 nitrogen and oxygen atoms in total. The average molecular weight is 355 g/mol. The van der Waals surface area contributed by atoms with E-state index in [1.54, 1.807) is 6.92 Å². The first-order chi connectivity index (χ1) is 12.1. The number of amides is 2. The first-order valence-electron chi connectivity index (χ1n) is 9.15. The van der Waals surface area contributed by atoms with Crippen LogP contribution in [0.4, 0.5) is 0 Å². The molecule has 0 aliphatic carbocycles. The summed E-state index contributed by atoms with van der Waals surface area (Å²) in [5, 5.41) is 2.73. The zero-order valence-corrected chi connectivity index (χ0v) is 15.0. The van der Waals surface area contributed by atoms with Crippen molar-refractivity contribution in [2.24, 2.45) is 0 Å². The van der Waals surface area contributed by atoms with Crippen LogP contribution in [0.3, 0.4) is 0 Å². The molecule has 0 bridgehead atoms. The van der Waals surface area contributed by atoms with Crippen molar-refractivity contribution in [2.45, 2.75) is 38.7 Å². The number of esters is 1. The Morgan fingerprint density at radius 2 is 1.92 bits per heavy atom. The number of piperazine rings is 1. The molecule has 8 heteroatoms. The second kappa shape index (κ2) is 10.4. The van der Waals surface area contributed by atoms with Gasteiger partial charge in [0.2, 0.25) is 5.91 Å². The lowest BCUT2D eigenvalue weighted by molar-refractivity contribution is -0.143. The van der Waals surface area contributed by atoms with Crippen molar-refractivity contribution in [3.63, 3.8) is 0 Å². The van der Waals surface area contributed by atoms with Crippen LogP contribution in [0.2, 0.25) is 0 Å². The van der Waals surface area contributed by atoms with E-state index in [4.69, 9.17) is 9.47 Å². The zero-order chi connectivity index (χ0) is 18.1. The van der Waals surface area contributed by atoms with E-state index in [1.165, 1.54) is 0 Å². The lowest BCUT2D eigenvalue weighted by Crippen LogP contribution is -2.51. The summed E-state index contributed by atoms with van der Waals surface area (Å²) in [6.45, 7) is 6.67. The van der Waals surface area contributed by atoms with Crippen LogP contribution >= 0.6 is 0 Å². The number of hydrogen-bond acceptors (Lipinski definition) is 6. The molecule has 0 aromatic carbocycles. The summed E-state index contributed by atoms with van der Waals surface area (Å²) in [7, 11) is 0. The summed E-state index contributed by atoms with van der Waals surface area (Å²) in [6, 6.07) is 0. The Bertz CT molecular complexity index is 457. The summed E-state index contributed by atoms with van der Waals surface area (Å²) in [4.78, 5) is 39.3. The molecule has 2 heterocycles. The van der Waals surface area contributed by atoms with Crippen molar-refractivity contribution >= 4 is 17.8 Å². The normalized spacial score (nSPS) is 21.2. The Balaban J connectivity index is 1.56. The smallest absolute Gasteiger partial charge is 0.307 e. The molecule has 0 radical (unpaired) electrons. The van der Waals surface area contributed by atoms with Crippen molar-refractivity contribution < 1.29 is 23.9 Å². The van der Waals surface area contributed by atoms with Crippen LogP contribution in [-0.4, -0.2) is 86.2 Å². The van der Waals surface area contributed by atoms with Gasteiger partial charge in [0.05, 0.1) is 13.0 Å². The molecule has 1 atom stereocenters. The molecule has 0 unspecified atom stereocenters. The highest BCUT2D eigenvalue weighted by molar-refractivity contribution is 5.81. The standard InChI is InChI=1S/C17H29N3O5/c1-2-24-16(22)5-7-18-15(21)6-8-19-9-11-20(12-10-19)17(23)14-4-3-13-25-14/h14H,2-13H2,1H3,(H,18,21)/t14-/m1/s1. The van der Waals surface area contributed by atoms with Gasteiger partial charge in [-0.1, -0.05) is 0 Å². The molecule has 2 aliphatic heterocycles. The Morgan fingerprint density at radius 3 is 2.56 bits per heavy atom. The van der Waals surface area contributed by atoms with E-state index in [0.717, 1.165) is 25.9 Å². The summed E-state index contributed by atoms with van der Waals surface area (Å²) < 4.78 is 10.3. The topological polar surface area (TPSA) is 88.2 Å². The maximum atomic E-state index is 12.3. The van der Waals surface area contributed by atoms with Gasteiger partial charge >= 0.3 is 5.97 Å². The van der Waals surface area contributed by atoms with Gasteiger partial charge in [-0.3, -0.25) is 19.3 Å². The van der Waals surface area contributed by atoms with Crippen LogP contribution in [0.25, 0.3) is 0 Å². The molecule has 1 N–H and O–H groups in total. The predicted octanol–water partition coefficient (Wildman–Crippen LogP) is -0.231. The lowest BCUT2D eigenvalue weighted by Gasteiger charge is -2.35. The molecule has 142 valence electrons. The lowest BCUT2D eigenvalue weighted by atomic mass is 10.2. The third-order valence-electron chi connectivity index (χ3n) is 4.50. The molecular weight excluding hydrogens is 326 g/mol. The maximum absolute atomic E-state index is 12.3. The summed E-state index contributed by atoms with van der Waals surface area (Å²) >= 11 is 0. The second-order valence-electron chi connectivity index (χ2n) is 6.32. The van der Waals surface area contributed by atoms with Gasteiger partial charge in [0.1, 0.15) is 6.10 Å². The quantitative estimate of drug-likeness (QED) is 0.605. The Labute approximate surface area is 148 Å². The van der Waals surface area contributed by atoms with Gasteiger partial charge in [-0.05, 0) is 19.8 Å². The Hall–Kier alpha value is -1.67. The number of carbonyl (C=O) groups is 3. The van der Waals surface area contributed by atoms with Crippen LogP contribution in [0.5, 0.6) is 0 Å². The number of hydrogen-bond donors (Lipinski definition) is 1. The Kier molecular flexibility index (Phi) is 8.14. The highest BCUT2D eigenvalue weighted by Gasteiger charge is 2.30. The third kappa shape index (κ3) is 6.62. The van der Waals surface area contributed by atoms with E-state index >= 15 is 0 Å². The van der Waals surface area contributed by atoms with Crippen LogP contribution in [0.15, 0.2) is 0 Å². The van der Waals surface area contributed by atoms with E-state index in [1.807, 2.05) is 4.90 Å². The molecule has 2 saturated heterocycles. The van der Waals surface area contributed by atoms with Crippen molar-refractivity contribution in [2.75, 3.05) is 52.5 Å². The number of rotatable bonds is 8. The fourth-order valence-electron chi connectivity index (χ4n) is 3.05. The predicted molar refractivity (Wildman–Crippen MR) is 90.9 cm³/mol. The molecule has 2 fully saturated rings. The van der Waals surface area contributed by atoms with E-state index in [9.17, 15) is 14.4 Å². The minimum absolute atomic E-state index is 0.0674. The van der Waals surface area contributed by atoms with Gasteiger partial charge in [-0.15, -0.1) is 0 Å². The zero-order valence-electron chi connectivity index (χ0n) is 15.0. The first kappa shape index (κ1) is 19.7. The molecule has 2 rings (SSSR count). The van der Waals surface area contributed by atoms with Crippen molar-refractivity contribution in [1.29, 1.82) is 0 Å². The molecular formula is C17H29N3O5. The molecule has 0 aromatic rings. The molecule has 25 heavy (non-hydrogen) atoms. The van der Waals surface area contributed by atoms with Gasteiger partial charge in [0.15, 0.2) is 0 Å². The van der Waals surface area contributed by atoms with Crippen LogP contribution in [-0.2, 0) is 23.9 Å². The van der Waals surface area contributed by atoms with E-state index in [2.05, 4.69) is 10.2 Å². The number of ether oxygens (including phenoxy) is 2. The van der Waals surface area contributed by atoms with E-state index < -0.39 is 0 Å². The maximum Gasteiger partial charge on any atom is 0.307 e. The molecule has 2 aliphatic rings. The van der Waals surface area contributed by atoms with Gasteiger partial charge in [-0.2, -0.15) is 0 Å². The summed E-state index contributed by atoms with van der Waals surface area (Å²) in [5.41, 5.74) is 0. The minimum Gasteiger partial charge on any atom is -0.466 e. The molecule has 0 saturated carbocycles. The van der Waals surface area contributed by atoms with Crippen molar-refractivity contribution in [3.8, 4) is 0 Å². The van der Waals surface area contributed by atoms with Gasteiger partial charge in [0.25, 0.3) is 5.91 Å². The molecule has 0 aromatic heterocycles. The van der Waals surface area contributed by atoms with Crippen LogP contribution in [0, 0.1) is 0 Å². The first-order valence-corrected chi connectivity index (χ1v) is 9.15. The van der Waals surface area contributed by atoms with Crippen LogP contribution in [0.1, 0.15) is 32.6 Å². The van der Waals surface area contributed by atoms with E-state index in [-0.39, 0.29) is 30.3 Å². The van der Waals surface area contributed by atoms with Gasteiger partial charge < -0.3 is 19.7 Å². The van der Waals surface area contributed by atoms with Gasteiger partial charge in [0, 0.05) is 52.3 Å². The summed E-state index contributed by atoms with van der Waals surface area (Å²) in [6.07, 6.45) is 2.12. The van der Waals surface area contributed by atoms with Crippen LogP contribution < -0.4 is 5.32 Å². The Morgan fingerprint density at radius 1 is 1.16 bits per heavy atom. The number of nitrogens with one attached hydrogen (secondary N) is 1. The second-order valence-corrected chi connectivity index (χ2v) is 6.32.